The van der Waals surface area contributed by atoms with Crippen LogP contribution in [-0.4, -0.2) is 36.8 Å². The largest absolute Gasteiger partial charge is 0.405 e. The number of hydrogen-bond acceptors (Lipinski definition) is 3. The van der Waals surface area contributed by atoms with Crippen LogP contribution in [0.5, 0.6) is 0 Å². The first-order valence-electron chi connectivity index (χ1n) is 5.31. The Balaban J connectivity index is 3.20. The standard InChI is InChI=1S/C11H13ClF3N3O/c12-7-1-2-8(10(16)17)9(5-7)18(3-4-19)6-11(13,14)15/h1-2,5,19H,3-4,6H2,(H3,16,17). The molecule has 106 valence electrons. The number of nitrogens with zero attached hydrogens (tertiary/aromatic N) is 1. The van der Waals surface area contributed by atoms with E-state index in [-0.39, 0.29) is 28.7 Å². The summed E-state index contributed by atoms with van der Waals surface area (Å²) in [4.78, 5) is 0.891. The predicted octanol–water partition coefficient (Wildman–Crippen LogP) is 1.99. The summed E-state index contributed by atoms with van der Waals surface area (Å²) in [5.41, 5.74) is 5.55. The fourth-order valence-corrected chi connectivity index (χ4v) is 1.78. The van der Waals surface area contributed by atoms with E-state index in [0.29, 0.717) is 0 Å². The molecule has 0 saturated carbocycles. The second-order valence-electron chi connectivity index (χ2n) is 3.84. The summed E-state index contributed by atoms with van der Waals surface area (Å²) in [5.74, 6) is -0.364. The molecule has 19 heavy (non-hydrogen) atoms. The number of benzene rings is 1. The molecule has 0 amide bonds. The van der Waals surface area contributed by atoms with Crippen LogP contribution in [0.1, 0.15) is 5.56 Å². The molecule has 8 heteroatoms. The van der Waals surface area contributed by atoms with Crippen molar-refractivity contribution >= 4 is 23.1 Å². The first kappa shape index (κ1) is 15.6. The molecule has 4 N–H and O–H groups in total. The van der Waals surface area contributed by atoms with Crippen molar-refractivity contribution < 1.29 is 18.3 Å². The lowest BCUT2D eigenvalue weighted by molar-refractivity contribution is -0.119. The van der Waals surface area contributed by atoms with Crippen LogP contribution in [0.25, 0.3) is 0 Å². The van der Waals surface area contributed by atoms with E-state index in [1.165, 1.54) is 18.2 Å². The molecule has 0 aliphatic carbocycles. The number of hydrogen-bond donors (Lipinski definition) is 3. The van der Waals surface area contributed by atoms with E-state index in [9.17, 15) is 13.2 Å². The molecule has 0 unspecified atom stereocenters. The maximum Gasteiger partial charge on any atom is 0.405 e. The van der Waals surface area contributed by atoms with Crippen molar-refractivity contribution in [3.8, 4) is 0 Å². The lowest BCUT2D eigenvalue weighted by Crippen LogP contribution is -2.37. The monoisotopic (exact) mass is 295 g/mol. The van der Waals surface area contributed by atoms with Gasteiger partial charge in [0.1, 0.15) is 12.4 Å². The molecule has 0 spiro atoms. The lowest BCUT2D eigenvalue weighted by atomic mass is 10.1. The number of alkyl halides is 3. The van der Waals surface area contributed by atoms with Crippen LogP contribution in [0, 0.1) is 5.41 Å². The number of aliphatic hydroxyl groups is 1. The number of aliphatic hydroxyl groups excluding tert-OH is 1. The van der Waals surface area contributed by atoms with Gasteiger partial charge >= 0.3 is 6.18 Å². The highest BCUT2D eigenvalue weighted by Crippen LogP contribution is 2.27. The zero-order chi connectivity index (χ0) is 14.6. The molecule has 0 aromatic heterocycles. The van der Waals surface area contributed by atoms with Gasteiger partial charge in [0.2, 0.25) is 0 Å². The molecule has 4 nitrogen and oxygen atoms in total. The van der Waals surface area contributed by atoms with Gasteiger partial charge in [-0.3, -0.25) is 5.41 Å². The highest BCUT2D eigenvalue weighted by molar-refractivity contribution is 6.31. The zero-order valence-electron chi connectivity index (χ0n) is 9.84. The topological polar surface area (TPSA) is 73.3 Å². The minimum absolute atomic E-state index is 0.0753. The quantitative estimate of drug-likeness (QED) is 0.574. The van der Waals surface area contributed by atoms with Gasteiger partial charge in [-0.25, -0.2) is 0 Å². The minimum atomic E-state index is -4.44. The van der Waals surface area contributed by atoms with Gasteiger partial charge in [-0.1, -0.05) is 11.6 Å². The average molecular weight is 296 g/mol. The molecule has 1 aromatic rings. The van der Waals surface area contributed by atoms with Gasteiger partial charge in [-0.05, 0) is 18.2 Å². The van der Waals surface area contributed by atoms with Crippen LogP contribution in [0.3, 0.4) is 0 Å². The lowest BCUT2D eigenvalue weighted by Gasteiger charge is -2.27. The molecule has 0 heterocycles. The van der Waals surface area contributed by atoms with Crippen molar-refractivity contribution in [1.29, 1.82) is 5.41 Å². The molecule has 0 radical (unpaired) electrons. The highest BCUT2D eigenvalue weighted by Gasteiger charge is 2.31. The molecule has 0 fully saturated rings. The van der Waals surface area contributed by atoms with Gasteiger partial charge in [-0.2, -0.15) is 13.2 Å². The van der Waals surface area contributed by atoms with Gasteiger partial charge < -0.3 is 15.7 Å². The number of nitrogens with one attached hydrogen (secondary N) is 1. The van der Waals surface area contributed by atoms with E-state index in [0.717, 1.165) is 4.90 Å². The molecule has 1 rings (SSSR count). The van der Waals surface area contributed by atoms with Gasteiger partial charge in [0.25, 0.3) is 0 Å². The third-order valence-corrected chi connectivity index (χ3v) is 2.57. The molecular weight excluding hydrogens is 283 g/mol. The van der Waals surface area contributed by atoms with Crippen LogP contribution < -0.4 is 10.6 Å². The fourth-order valence-electron chi connectivity index (χ4n) is 1.62. The van der Waals surface area contributed by atoms with E-state index in [2.05, 4.69) is 0 Å². The summed E-state index contributed by atoms with van der Waals surface area (Å²) < 4.78 is 37.5. The summed E-state index contributed by atoms with van der Waals surface area (Å²) in [6, 6.07) is 4.10. The summed E-state index contributed by atoms with van der Waals surface area (Å²) >= 11 is 5.76. The Morgan fingerprint density at radius 3 is 2.53 bits per heavy atom. The third-order valence-electron chi connectivity index (χ3n) is 2.33. The Bertz CT molecular complexity index is 465. The van der Waals surface area contributed by atoms with Crippen LogP contribution in [-0.2, 0) is 0 Å². The smallest absolute Gasteiger partial charge is 0.395 e. The van der Waals surface area contributed by atoms with Crippen molar-refractivity contribution in [3.63, 3.8) is 0 Å². The number of halogens is 4. The molecule has 0 saturated heterocycles. The minimum Gasteiger partial charge on any atom is -0.395 e. The third kappa shape index (κ3) is 4.60. The summed E-state index contributed by atoms with van der Waals surface area (Å²) in [5, 5.41) is 16.5. The van der Waals surface area contributed by atoms with Crippen molar-refractivity contribution in [1.82, 2.24) is 0 Å². The van der Waals surface area contributed by atoms with Crippen LogP contribution in [0.15, 0.2) is 18.2 Å². The molecular formula is C11H13ClF3N3O. The van der Waals surface area contributed by atoms with Gasteiger partial charge in [0.05, 0.1) is 6.61 Å². The van der Waals surface area contributed by atoms with Gasteiger partial charge in [0, 0.05) is 22.8 Å². The second-order valence-corrected chi connectivity index (χ2v) is 4.27. The Labute approximate surface area is 113 Å². The second kappa shape index (κ2) is 6.12. The van der Waals surface area contributed by atoms with Crippen molar-refractivity contribution in [2.45, 2.75) is 6.18 Å². The molecule has 0 aliphatic rings. The average Bonchev–Trinajstić information content (AvgIpc) is 2.26. The van der Waals surface area contributed by atoms with E-state index in [1.54, 1.807) is 0 Å². The Morgan fingerprint density at radius 2 is 2.05 bits per heavy atom. The van der Waals surface area contributed by atoms with E-state index >= 15 is 0 Å². The van der Waals surface area contributed by atoms with Crippen LogP contribution in [0.4, 0.5) is 18.9 Å². The predicted molar refractivity (Wildman–Crippen MR) is 67.8 cm³/mol. The number of rotatable bonds is 5. The van der Waals surface area contributed by atoms with Crippen molar-refractivity contribution in [2.75, 3.05) is 24.6 Å². The zero-order valence-corrected chi connectivity index (χ0v) is 10.6. The van der Waals surface area contributed by atoms with Crippen molar-refractivity contribution in [2.24, 2.45) is 5.73 Å². The number of anilines is 1. The number of amidine groups is 1. The molecule has 1 aromatic carbocycles. The molecule has 0 aliphatic heterocycles. The fraction of sp³-hybridized carbons (Fsp3) is 0.364. The van der Waals surface area contributed by atoms with Crippen molar-refractivity contribution in [3.05, 3.63) is 28.8 Å². The van der Waals surface area contributed by atoms with Crippen LogP contribution >= 0.6 is 11.6 Å². The highest BCUT2D eigenvalue weighted by atomic mass is 35.5. The van der Waals surface area contributed by atoms with Crippen LogP contribution in [0.2, 0.25) is 5.02 Å². The van der Waals surface area contributed by atoms with E-state index < -0.39 is 19.3 Å². The first-order valence-corrected chi connectivity index (χ1v) is 5.69. The molecule has 0 bridgehead atoms. The van der Waals surface area contributed by atoms with E-state index in [4.69, 9.17) is 27.9 Å². The number of nitrogens with two attached hydrogens (primary N) is 1. The van der Waals surface area contributed by atoms with Gasteiger partial charge in [0.15, 0.2) is 0 Å². The Morgan fingerprint density at radius 1 is 1.42 bits per heavy atom. The Hall–Kier alpha value is -1.47. The Kier molecular flexibility index (Phi) is 5.02. The number of nitrogen functional groups attached to an aromatic ring is 1. The van der Waals surface area contributed by atoms with Gasteiger partial charge in [-0.15, -0.1) is 0 Å². The first-order chi connectivity index (χ1) is 8.74. The normalized spacial score (nSPS) is 11.4. The summed E-state index contributed by atoms with van der Waals surface area (Å²) in [6.07, 6.45) is -4.44. The maximum absolute atomic E-state index is 12.5. The summed E-state index contributed by atoms with van der Waals surface area (Å²) in [6.45, 7) is -1.95. The molecule has 0 atom stereocenters. The van der Waals surface area contributed by atoms with E-state index in [1.807, 2.05) is 0 Å². The SMILES string of the molecule is N=C(N)c1ccc(Cl)cc1N(CCO)CC(F)(F)F. The summed E-state index contributed by atoms with van der Waals surface area (Å²) in [7, 11) is 0. The maximum atomic E-state index is 12.5.